The minimum Gasteiger partial charge on any atom is -0.0767 e. The zero-order chi connectivity index (χ0) is 4.28. The van der Waals surface area contributed by atoms with Crippen molar-refractivity contribution in [1.29, 1.82) is 0 Å². The van der Waals surface area contributed by atoms with Gasteiger partial charge in [0.2, 0.25) is 0 Å². The van der Waals surface area contributed by atoms with Gasteiger partial charge in [0.1, 0.15) is 0 Å². The molecule has 0 saturated heterocycles. The third kappa shape index (κ3) is 5.49. The lowest BCUT2D eigenvalue weighted by Gasteiger charge is -1.65. The van der Waals surface area contributed by atoms with Crippen LogP contribution in [0.1, 0.15) is 0 Å². The average Bonchev–Trinajstić information content (AvgIpc) is 1.38. The summed E-state index contributed by atoms with van der Waals surface area (Å²) in [6, 6.07) is 0. The highest BCUT2D eigenvalue weighted by molar-refractivity contribution is 14.1. The molecule has 0 fully saturated rings. The largest absolute Gasteiger partial charge is 0.0849 e. The molecular formula is C2HClI2. The van der Waals surface area contributed by atoms with Crippen LogP contribution in [-0.4, -0.2) is 0 Å². The van der Waals surface area contributed by atoms with Crippen LogP contribution < -0.4 is 0 Å². The van der Waals surface area contributed by atoms with Gasteiger partial charge in [-0.2, -0.15) is 0 Å². The molecule has 0 aliphatic carbocycles. The van der Waals surface area contributed by atoms with Crippen LogP contribution >= 0.6 is 56.8 Å². The predicted molar refractivity (Wildman–Crippen MR) is 42.0 cm³/mol. The lowest BCUT2D eigenvalue weighted by Crippen LogP contribution is -1.30. The zero-order valence-electron chi connectivity index (χ0n) is 2.21. The van der Waals surface area contributed by atoms with E-state index in [0.29, 0.717) is 0 Å². The fraction of sp³-hybridized carbons (Fsp3) is 0. The van der Waals surface area contributed by atoms with Crippen molar-refractivity contribution in [2.75, 3.05) is 0 Å². The first-order valence-corrected chi connectivity index (χ1v) is 3.59. The van der Waals surface area contributed by atoms with E-state index in [9.17, 15) is 0 Å². The SMILES string of the molecule is Cl/C(I)=C\I. The van der Waals surface area contributed by atoms with Crippen LogP contribution in [0.3, 0.4) is 0 Å². The molecule has 0 rings (SSSR count). The maximum atomic E-state index is 5.30. The van der Waals surface area contributed by atoms with Crippen molar-refractivity contribution in [2.45, 2.75) is 0 Å². The Bertz CT molecular complexity index is 45.6. The molecule has 0 N–H and O–H groups in total. The van der Waals surface area contributed by atoms with E-state index in [-0.39, 0.29) is 0 Å². The topological polar surface area (TPSA) is 0 Å². The summed E-state index contributed by atoms with van der Waals surface area (Å²) < 4.78 is 2.61. The minimum atomic E-state index is 0.809. The predicted octanol–water partition coefficient (Wildman–Crippen LogP) is 2.89. The van der Waals surface area contributed by atoms with Crippen molar-refractivity contribution < 1.29 is 0 Å². The van der Waals surface area contributed by atoms with Crippen molar-refractivity contribution >= 4 is 56.8 Å². The van der Waals surface area contributed by atoms with Crippen molar-refractivity contribution in [3.63, 3.8) is 0 Å². The third-order valence-electron chi connectivity index (χ3n) is 0.0825. The first-order chi connectivity index (χ1) is 2.27. The molecule has 0 spiro atoms. The van der Waals surface area contributed by atoms with Gasteiger partial charge in [0.25, 0.3) is 0 Å². The summed E-state index contributed by atoms with van der Waals surface area (Å²) >= 11 is 9.40. The van der Waals surface area contributed by atoms with Gasteiger partial charge in [-0.05, 0) is 22.6 Å². The second-order valence-electron chi connectivity index (χ2n) is 0.399. The Labute approximate surface area is 63.2 Å². The molecule has 0 atom stereocenters. The van der Waals surface area contributed by atoms with Crippen molar-refractivity contribution in [3.8, 4) is 0 Å². The highest BCUT2D eigenvalue weighted by Gasteiger charge is 1.69. The molecule has 0 bridgehead atoms. The van der Waals surface area contributed by atoms with Crippen LogP contribution in [-0.2, 0) is 0 Å². The summed E-state index contributed by atoms with van der Waals surface area (Å²) in [7, 11) is 0. The number of hydrogen-bond donors (Lipinski definition) is 0. The van der Waals surface area contributed by atoms with Crippen LogP contribution in [0.5, 0.6) is 0 Å². The van der Waals surface area contributed by atoms with Gasteiger partial charge in [-0.3, -0.25) is 0 Å². The molecule has 0 unspecified atom stereocenters. The fourth-order valence-corrected chi connectivity index (χ4v) is 0. The van der Waals surface area contributed by atoms with Crippen molar-refractivity contribution in [2.24, 2.45) is 0 Å². The van der Waals surface area contributed by atoms with E-state index in [2.05, 4.69) is 22.6 Å². The number of rotatable bonds is 0. The van der Waals surface area contributed by atoms with Gasteiger partial charge in [-0.25, -0.2) is 0 Å². The molecule has 5 heavy (non-hydrogen) atoms. The highest BCUT2D eigenvalue weighted by Crippen LogP contribution is 2.11. The Kier molecular flexibility index (Phi) is 4.77. The fourth-order valence-electron chi connectivity index (χ4n) is 0. The molecule has 0 nitrogen and oxygen atoms in total. The summed E-state index contributed by atoms with van der Waals surface area (Å²) in [5.74, 6) is 0. The molecule has 0 aromatic carbocycles. The average molecular weight is 314 g/mol. The molecule has 0 aliphatic heterocycles. The van der Waals surface area contributed by atoms with E-state index in [1.807, 2.05) is 22.6 Å². The Morgan fingerprint density at radius 1 is 1.80 bits per heavy atom. The zero-order valence-corrected chi connectivity index (χ0v) is 7.28. The van der Waals surface area contributed by atoms with E-state index >= 15 is 0 Å². The summed E-state index contributed by atoms with van der Waals surface area (Å²) in [5.41, 5.74) is 0. The van der Waals surface area contributed by atoms with Crippen LogP contribution in [0.4, 0.5) is 0 Å². The molecule has 0 heterocycles. The number of hydrogen-bond acceptors (Lipinski definition) is 0. The molecule has 0 aromatic heterocycles. The maximum Gasteiger partial charge on any atom is 0.0849 e. The summed E-state index contributed by atoms with van der Waals surface area (Å²) in [5, 5.41) is 0. The minimum absolute atomic E-state index is 0.809. The Hall–Kier alpha value is 1.49. The van der Waals surface area contributed by atoms with Gasteiger partial charge in [-0.1, -0.05) is 34.2 Å². The molecule has 30 valence electrons. The Morgan fingerprint density at radius 3 is 2.00 bits per heavy atom. The first kappa shape index (κ1) is 6.49. The number of halogens is 3. The van der Waals surface area contributed by atoms with E-state index in [1.54, 1.807) is 4.08 Å². The second kappa shape index (κ2) is 3.67. The smallest absolute Gasteiger partial charge is 0.0767 e. The van der Waals surface area contributed by atoms with Crippen LogP contribution in [0.15, 0.2) is 7.12 Å². The van der Waals surface area contributed by atoms with Gasteiger partial charge in [0, 0.05) is 4.08 Å². The molecule has 3 heteroatoms. The molecule has 0 amide bonds. The summed E-state index contributed by atoms with van der Waals surface area (Å²) in [6.45, 7) is 0. The second-order valence-corrected chi connectivity index (χ2v) is 3.23. The van der Waals surface area contributed by atoms with E-state index in [0.717, 1.165) is 3.04 Å². The Balaban J connectivity index is 3.14. The first-order valence-electron chi connectivity index (χ1n) is 0.885. The van der Waals surface area contributed by atoms with Gasteiger partial charge in [-0.15, -0.1) is 0 Å². The van der Waals surface area contributed by atoms with Gasteiger partial charge >= 0.3 is 0 Å². The van der Waals surface area contributed by atoms with Crippen molar-refractivity contribution in [3.05, 3.63) is 7.12 Å². The van der Waals surface area contributed by atoms with E-state index in [1.165, 1.54) is 0 Å². The summed E-state index contributed by atoms with van der Waals surface area (Å²) in [6.07, 6.45) is 0. The van der Waals surface area contributed by atoms with Crippen LogP contribution in [0.25, 0.3) is 0 Å². The van der Waals surface area contributed by atoms with Crippen LogP contribution in [0.2, 0.25) is 0 Å². The molecule has 0 saturated carbocycles. The molecular weight excluding hydrogens is 313 g/mol. The van der Waals surface area contributed by atoms with E-state index in [4.69, 9.17) is 11.6 Å². The van der Waals surface area contributed by atoms with Gasteiger partial charge in [0.05, 0.1) is 3.04 Å². The van der Waals surface area contributed by atoms with Crippen LogP contribution in [0, 0.1) is 0 Å². The lowest BCUT2D eigenvalue weighted by atomic mass is 11.3. The molecule has 0 aliphatic rings. The third-order valence-corrected chi connectivity index (χ3v) is 2.69. The van der Waals surface area contributed by atoms with Gasteiger partial charge < -0.3 is 0 Å². The molecule has 0 radical (unpaired) electrons. The highest BCUT2D eigenvalue weighted by atomic mass is 127. The van der Waals surface area contributed by atoms with Gasteiger partial charge in [0.15, 0.2) is 0 Å². The normalized spacial score (nSPS) is 12.2. The molecule has 0 aromatic rings. The monoisotopic (exact) mass is 314 g/mol. The maximum absolute atomic E-state index is 5.30. The Morgan fingerprint density at radius 2 is 2.00 bits per heavy atom. The van der Waals surface area contributed by atoms with Crippen molar-refractivity contribution in [1.82, 2.24) is 0 Å². The summed E-state index contributed by atoms with van der Waals surface area (Å²) in [4.78, 5) is 0. The quantitative estimate of drug-likeness (QED) is 0.603. The standard InChI is InChI=1S/C2HClI2/c3-2(5)1-4/h1H/b2-1+. The lowest BCUT2D eigenvalue weighted by molar-refractivity contribution is 2.55. The van der Waals surface area contributed by atoms with E-state index < -0.39 is 0 Å².